The Labute approximate surface area is 108 Å². The molecule has 0 unspecified atom stereocenters. The molecule has 0 amide bonds. The zero-order valence-electron chi connectivity index (χ0n) is 8.42. The molecule has 17 heavy (non-hydrogen) atoms. The molecule has 0 aliphatic carbocycles. The lowest BCUT2D eigenvalue weighted by Gasteiger charge is -2.08. The maximum atomic E-state index is 12.1. The second kappa shape index (κ2) is 5.77. The lowest BCUT2D eigenvalue weighted by molar-refractivity contribution is -0.136. The molecule has 0 saturated heterocycles. The van der Waals surface area contributed by atoms with Crippen molar-refractivity contribution in [1.82, 2.24) is 0 Å². The third kappa shape index (κ3) is 5.45. The zero-order chi connectivity index (χ0) is 13.1. The van der Waals surface area contributed by atoms with Crippen LogP contribution in [0, 0.1) is 0 Å². The predicted molar refractivity (Wildman–Crippen MR) is 62.0 cm³/mol. The highest BCUT2D eigenvalue weighted by Gasteiger charge is 2.30. The van der Waals surface area contributed by atoms with Crippen LogP contribution in [0.1, 0.15) is 12.0 Å². The van der Waals surface area contributed by atoms with Gasteiger partial charge in [0.1, 0.15) is 0 Å². The molecule has 1 N–H and O–H groups in total. The van der Waals surface area contributed by atoms with E-state index < -0.39 is 11.5 Å². The van der Waals surface area contributed by atoms with Crippen molar-refractivity contribution < 1.29 is 23.1 Å². The minimum Gasteiger partial charge on any atom is -0.481 e. The van der Waals surface area contributed by atoms with Gasteiger partial charge in [-0.25, -0.2) is 0 Å². The Morgan fingerprint density at radius 2 is 2.06 bits per heavy atom. The van der Waals surface area contributed by atoms with Gasteiger partial charge in [0, 0.05) is 15.8 Å². The highest BCUT2D eigenvalue weighted by molar-refractivity contribution is 9.10. The average molecular weight is 329 g/mol. The first-order valence-corrected chi connectivity index (χ1v) is 6.15. The Morgan fingerprint density at radius 3 is 2.53 bits per heavy atom. The van der Waals surface area contributed by atoms with Crippen molar-refractivity contribution in [2.75, 3.05) is 0 Å². The maximum Gasteiger partial charge on any atom is 0.446 e. The highest BCUT2D eigenvalue weighted by Crippen LogP contribution is 2.40. The van der Waals surface area contributed by atoms with Crippen molar-refractivity contribution in [3.63, 3.8) is 0 Å². The van der Waals surface area contributed by atoms with Crippen molar-refractivity contribution in [3.05, 3.63) is 28.2 Å². The Balaban J connectivity index is 2.76. The fraction of sp³-hybridized carbons (Fsp3) is 0.300. The summed E-state index contributed by atoms with van der Waals surface area (Å²) in [4.78, 5) is 10.4. The van der Waals surface area contributed by atoms with Crippen LogP contribution in [0.4, 0.5) is 13.2 Å². The topological polar surface area (TPSA) is 37.3 Å². The van der Waals surface area contributed by atoms with E-state index in [1.54, 1.807) is 0 Å². The number of rotatable bonds is 4. The minimum absolute atomic E-state index is 0.0435. The molecule has 1 aromatic carbocycles. The van der Waals surface area contributed by atoms with Gasteiger partial charge in [-0.2, -0.15) is 13.2 Å². The molecule has 0 fully saturated rings. The van der Waals surface area contributed by atoms with Gasteiger partial charge in [-0.1, -0.05) is 6.07 Å². The first-order valence-electron chi connectivity index (χ1n) is 4.54. The third-order valence-electron chi connectivity index (χ3n) is 1.85. The Bertz CT molecular complexity index is 421. The molecule has 1 aromatic rings. The highest BCUT2D eigenvalue weighted by atomic mass is 79.9. The second-order valence-corrected chi connectivity index (χ2v) is 5.17. The van der Waals surface area contributed by atoms with Gasteiger partial charge >= 0.3 is 11.5 Å². The fourth-order valence-electron chi connectivity index (χ4n) is 1.16. The second-order valence-electron chi connectivity index (χ2n) is 3.21. The molecule has 2 nitrogen and oxygen atoms in total. The molecule has 0 radical (unpaired) electrons. The molecule has 0 heterocycles. The molecule has 0 aliphatic heterocycles. The number of aryl methyl sites for hydroxylation is 1. The van der Waals surface area contributed by atoms with Gasteiger partial charge in [0.15, 0.2) is 0 Å². The van der Waals surface area contributed by atoms with Gasteiger partial charge in [0.05, 0.1) is 0 Å². The van der Waals surface area contributed by atoms with E-state index >= 15 is 0 Å². The van der Waals surface area contributed by atoms with Crippen molar-refractivity contribution in [3.8, 4) is 0 Å². The fourth-order valence-corrected chi connectivity index (χ4v) is 2.37. The van der Waals surface area contributed by atoms with Crippen LogP contribution in [0.5, 0.6) is 0 Å². The van der Waals surface area contributed by atoms with Gasteiger partial charge in [0.25, 0.3) is 0 Å². The quantitative estimate of drug-likeness (QED) is 0.846. The summed E-state index contributed by atoms with van der Waals surface area (Å²) in [5, 5.41) is 8.49. The smallest absolute Gasteiger partial charge is 0.446 e. The van der Waals surface area contributed by atoms with Crippen molar-refractivity contribution in [1.29, 1.82) is 0 Å². The molecule has 1 rings (SSSR count). The van der Waals surface area contributed by atoms with E-state index in [-0.39, 0.29) is 23.1 Å². The summed E-state index contributed by atoms with van der Waals surface area (Å²) < 4.78 is 36.7. The number of hydrogen-bond acceptors (Lipinski definition) is 2. The third-order valence-corrected chi connectivity index (χ3v) is 3.58. The molecular weight excluding hydrogens is 321 g/mol. The molecule has 94 valence electrons. The van der Waals surface area contributed by atoms with Crippen LogP contribution in [0.2, 0.25) is 0 Å². The molecule has 0 bridgehead atoms. The van der Waals surface area contributed by atoms with Crippen LogP contribution >= 0.6 is 27.7 Å². The molecule has 0 aromatic heterocycles. The summed E-state index contributed by atoms with van der Waals surface area (Å²) in [6, 6.07) is 4.35. The van der Waals surface area contributed by atoms with E-state index in [1.807, 2.05) is 0 Å². The average Bonchev–Trinajstić information content (AvgIpc) is 2.17. The van der Waals surface area contributed by atoms with Crippen molar-refractivity contribution >= 4 is 33.7 Å². The monoisotopic (exact) mass is 328 g/mol. The Hall–Kier alpha value is -0.690. The van der Waals surface area contributed by atoms with Gasteiger partial charge < -0.3 is 5.11 Å². The van der Waals surface area contributed by atoms with Gasteiger partial charge in [-0.05, 0) is 51.8 Å². The number of alkyl halides is 3. The van der Waals surface area contributed by atoms with E-state index in [4.69, 9.17) is 5.11 Å². The van der Waals surface area contributed by atoms with Gasteiger partial charge in [-0.15, -0.1) is 0 Å². The molecule has 0 saturated carbocycles. The molecule has 0 atom stereocenters. The number of benzene rings is 1. The number of carboxylic acid groups (broad SMARTS) is 1. The van der Waals surface area contributed by atoms with E-state index in [2.05, 4.69) is 15.9 Å². The first-order chi connectivity index (χ1) is 7.78. The number of halogens is 4. The van der Waals surface area contributed by atoms with Crippen LogP contribution in [-0.4, -0.2) is 16.6 Å². The Kier molecular flexibility index (Phi) is 4.88. The summed E-state index contributed by atoms with van der Waals surface area (Å²) in [7, 11) is 0. The summed E-state index contributed by atoms with van der Waals surface area (Å²) in [5.41, 5.74) is -3.64. The van der Waals surface area contributed by atoms with E-state index in [0.717, 1.165) is 0 Å². The Morgan fingerprint density at radius 1 is 1.41 bits per heavy atom. The minimum atomic E-state index is -4.33. The summed E-state index contributed by atoms with van der Waals surface area (Å²) in [6.07, 6.45) is 0.253. The standard InChI is InChI=1S/C10H8BrF3O2S/c11-7-5-6(2-4-9(15)16)1-3-8(7)17-10(12,13)14/h1,3,5H,2,4H2,(H,15,16). The van der Waals surface area contributed by atoms with Crippen LogP contribution in [0.3, 0.4) is 0 Å². The lowest BCUT2D eigenvalue weighted by atomic mass is 10.1. The summed E-state index contributed by atoms with van der Waals surface area (Å²) in [6.45, 7) is 0. The molecule has 0 aliphatic rings. The number of carboxylic acids is 1. The first kappa shape index (κ1) is 14.4. The SMILES string of the molecule is O=C(O)CCc1ccc(SC(F)(F)F)c(Br)c1. The van der Waals surface area contributed by atoms with Crippen molar-refractivity contribution in [2.45, 2.75) is 23.2 Å². The molecular formula is C10H8BrF3O2S. The lowest BCUT2D eigenvalue weighted by Crippen LogP contribution is -2.00. The normalized spacial score (nSPS) is 11.5. The van der Waals surface area contributed by atoms with Gasteiger partial charge in [0.2, 0.25) is 0 Å². The maximum absolute atomic E-state index is 12.1. The summed E-state index contributed by atoms with van der Waals surface area (Å²) in [5.74, 6) is -0.935. The van der Waals surface area contributed by atoms with Crippen LogP contribution < -0.4 is 0 Å². The molecule has 7 heteroatoms. The van der Waals surface area contributed by atoms with Crippen LogP contribution in [-0.2, 0) is 11.2 Å². The number of carbonyl (C=O) groups is 1. The van der Waals surface area contributed by atoms with Crippen molar-refractivity contribution in [2.24, 2.45) is 0 Å². The van der Waals surface area contributed by atoms with Crippen LogP contribution in [0.15, 0.2) is 27.6 Å². The zero-order valence-corrected chi connectivity index (χ0v) is 10.8. The number of thioether (sulfide) groups is 1. The number of hydrogen-bond donors (Lipinski definition) is 1. The largest absolute Gasteiger partial charge is 0.481 e. The summed E-state index contributed by atoms with van der Waals surface area (Å²) >= 11 is 2.84. The predicted octanol–water partition coefficient (Wildman–Crippen LogP) is 4.08. The van der Waals surface area contributed by atoms with E-state index in [0.29, 0.717) is 16.5 Å². The molecule has 0 spiro atoms. The number of aliphatic carboxylic acids is 1. The van der Waals surface area contributed by atoms with E-state index in [9.17, 15) is 18.0 Å². The van der Waals surface area contributed by atoms with E-state index in [1.165, 1.54) is 18.2 Å². The van der Waals surface area contributed by atoms with Gasteiger partial charge in [-0.3, -0.25) is 4.79 Å². The van der Waals surface area contributed by atoms with Crippen LogP contribution in [0.25, 0.3) is 0 Å².